The minimum absolute atomic E-state index is 0.0356. The smallest absolute Gasteiger partial charge is 0.250 e. The molecule has 10 heteroatoms. The van der Waals surface area contributed by atoms with Gasteiger partial charge in [0.25, 0.3) is 0 Å². The van der Waals surface area contributed by atoms with Gasteiger partial charge in [-0.1, -0.05) is 0 Å². The minimum Gasteiger partial charge on any atom is -0.366 e. The van der Waals surface area contributed by atoms with E-state index in [1.165, 1.54) is 6.07 Å². The number of carbonyl (C=O) groups excluding carboxylic acids is 1. The maximum atomic E-state index is 11.3. The molecule has 1 aromatic carbocycles. The van der Waals surface area contributed by atoms with E-state index in [0.717, 1.165) is 18.4 Å². The second kappa shape index (κ2) is 4.55. The van der Waals surface area contributed by atoms with Gasteiger partial charge in [-0.05, 0) is 18.2 Å². The van der Waals surface area contributed by atoms with E-state index >= 15 is 0 Å². The number of carbonyl (C=O) groups is 1. The molecule has 0 aliphatic carbocycles. The van der Waals surface area contributed by atoms with Gasteiger partial charge in [0.2, 0.25) is 26.0 Å². The average Bonchev–Trinajstić information content (AvgIpc) is 2.13. The van der Waals surface area contributed by atoms with Gasteiger partial charge in [0.15, 0.2) is 0 Å². The molecule has 0 aliphatic heterocycles. The van der Waals surface area contributed by atoms with Crippen LogP contribution in [0.4, 0.5) is 5.69 Å². The highest BCUT2D eigenvalue weighted by atomic mass is 32.2. The second-order valence-corrected chi connectivity index (χ2v) is 6.77. The molecule has 1 aromatic rings. The number of hydrogen-bond donors (Lipinski definition) is 3. The van der Waals surface area contributed by atoms with Crippen LogP contribution in [0.1, 0.15) is 10.4 Å². The summed E-state index contributed by atoms with van der Waals surface area (Å²) in [5.41, 5.74) is 4.65. The third-order valence-corrected chi connectivity index (χ3v) is 3.41. The van der Waals surface area contributed by atoms with Crippen molar-refractivity contribution in [3.05, 3.63) is 23.8 Å². The Morgan fingerprint density at radius 1 is 1.22 bits per heavy atom. The Labute approximate surface area is 104 Å². The van der Waals surface area contributed by atoms with E-state index in [-0.39, 0.29) is 11.3 Å². The molecule has 0 saturated heterocycles. The van der Waals surface area contributed by atoms with Gasteiger partial charge in [-0.25, -0.2) is 22.0 Å². The van der Waals surface area contributed by atoms with Gasteiger partial charge in [0, 0.05) is 5.69 Å². The summed E-state index contributed by atoms with van der Waals surface area (Å²) >= 11 is 0. The molecule has 8 nitrogen and oxygen atoms in total. The lowest BCUT2D eigenvalue weighted by atomic mass is 10.2. The van der Waals surface area contributed by atoms with Crippen LogP contribution in [-0.2, 0) is 20.0 Å². The van der Waals surface area contributed by atoms with Crippen LogP contribution in [0.15, 0.2) is 23.1 Å². The summed E-state index contributed by atoms with van der Waals surface area (Å²) in [7, 11) is -7.77. The molecular formula is C8H11N3O5S2. The fourth-order valence-electron chi connectivity index (χ4n) is 1.24. The highest BCUT2D eigenvalue weighted by Crippen LogP contribution is 2.20. The second-order valence-electron chi connectivity index (χ2n) is 3.49. The molecule has 0 fully saturated rings. The number of hydrogen-bond acceptors (Lipinski definition) is 5. The highest BCUT2D eigenvalue weighted by molar-refractivity contribution is 7.92. The van der Waals surface area contributed by atoms with Crippen LogP contribution in [0.3, 0.4) is 0 Å². The standard InChI is InChI=1S/C8H11N3O5S2/c1-17(13,14)11-5-2-3-6(8(9)12)7(4-5)18(10,15)16/h2-4,11H,1H3,(H2,9,12)(H2,10,15,16). The van der Waals surface area contributed by atoms with Gasteiger partial charge in [0.1, 0.15) is 0 Å². The lowest BCUT2D eigenvalue weighted by molar-refractivity contribution is 0.0997. The van der Waals surface area contributed by atoms with Gasteiger partial charge in [-0.15, -0.1) is 0 Å². The molecular weight excluding hydrogens is 282 g/mol. The quantitative estimate of drug-likeness (QED) is 0.637. The van der Waals surface area contributed by atoms with Crippen molar-refractivity contribution in [3.8, 4) is 0 Å². The van der Waals surface area contributed by atoms with Crippen LogP contribution in [0.2, 0.25) is 0 Å². The predicted molar refractivity (Wildman–Crippen MR) is 64.8 cm³/mol. The van der Waals surface area contributed by atoms with Crippen molar-refractivity contribution in [2.75, 3.05) is 11.0 Å². The van der Waals surface area contributed by atoms with E-state index in [1.807, 2.05) is 0 Å². The fourth-order valence-corrected chi connectivity index (χ4v) is 2.56. The molecule has 5 N–H and O–H groups in total. The van der Waals surface area contributed by atoms with Crippen molar-refractivity contribution < 1.29 is 21.6 Å². The molecule has 0 heterocycles. The summed E-state index contributed by atoms with van der Waals surface area (Å²) in [5.74, 6) is -0.982. The fraction of sp³-hybridized carbons (Fsp3) is 0.125. The number of rotatable bonds is 4. The topological polar surface area (TPSA) is 149 Å². The monoisotopic (exact) mass is 293 g/mol. The molecule has 0 spiro atoms. The Kier molecular flexibility index (Phi) is 3.64. The van der Waals surface area contributed by atoms with Crippen LogP contribution < -0.4 is 15.6 Å². The van der Waals surface area contributed by atoms with Crippen LogP contribution in [0.25, 0.3) is 0 Å². The van der Waals surface area contributed by atoms with Crippen molar-refractivity contribution >= 4 is 31.6 Å². The summed E-state index contributed by atoms with van der Waals surface area (Å²) in [5, 5.41) is 4.92. The number of nitrogens with one attached hydrogen (secondary N) is 1. The van der Waals surface area contributed by atoms with Gasteiger partial charge in [-0.3, -0.25) is 9.52 Å². The van der Waals surface area contributed by atoms with Crippen LogP contribution in [-0.4, -0.2) is 29.0 Å². The summed E-state index contributed by atoms with van der Waals surface area (Å²) in [6, 6.07) is 3.21. The summed E-state index contributed by atoms with van der Waals surface area (Å²) < 4.78 is 46.6. The summed E-state index contributed by atoms with van der Waals surface area (Å²) in [4.78, 5) is 10.5. The minimum atomic E-state index is -4.19. The number of amides is 1. The van der Waals surface area contributed by atoms with Crippen molar-refractivity contribution in [3.63, 3.8) is 0 Å². The number of benzene rings is 1. The van der Waals surface area contributed by atoms with Crippen LogP contribution >= 0.6 is 0 Å². The predicted octanol–water partition coefficient (Wildman–Crippen LogP) is -1.20. The largest absolute Gasteiger partial charge is 0.366 e. The molecule has 100 valence electrons. The zero-order valence-corrected chi connectivity index (χ0v) is 10.9. The maximum Gasteiger partial charge on any atom is 0.250 e. The Hall–Kier alpha value is -1.65. The number of anilines is 1. The van der Waals surface area contributed by atoms with E-state index < -0.39 is 30.8 Å². The molecule has 1 amide bonds. The molecule has 0 aliphatic rings. The van der Waals surface area contributed by atoms with E-state index in [9.17, 15) is 21.6 Å². The first-order valence-electron chi connectivity index (χ1n) is 4.45. The zero-order chi connectivity index (χ0) is 14.1. The Morgan fingerprint density at radius 3 is 2.17 bits per heavy atom. The maximum absolute atomic E-state index is 11.3. The Bertz CT molecular complexity index is 693. The molecule has 1 rings (SSSR count). The van der Waals surface area contributed by atoms with Gasteiger partial charge >= 0.3 is 0 Å². The van der Waals surface area contributed by atoms with E-state index in [2.05, 4.69) is 4.72 Å². The van der Waals surface area contributed by atoms with Gasteiger partial charge < -0.3 is 5.73 Å². The first kappa shape index (κ1) is 14.4. The molecule has 18 heavy (non-hydrogen) atoms. The molecule has 0 atom stereocenters. The van der Waals surface area contributed by atoms with Gasteiger partial charge in [-0.2, -0.15) is 0 Å². The molecule has 0 radical (unpaired) electrons. The highest BCUT2D eigenvalue weighted by Gasteiger charge is 2.18. The van der Waals surface area contributed by atoms with Crippen molar-refractivity contribution in [2.24, 2.45) is 10.9 Å². The first-order chi connectivity index (χ1) is 8.00. The number of primary amides is 1. The van der Waals surface area contributed by atoms with Gasteiger partial charge in [0.05, 0.1) is 16.7 Å². The lowest BCUT2D eigenvalue weighted by Gasteiger charge is -2.08. The summed E-state index contributed by atoms with van der Waals surface area (Å²) in [6.07, 6.45) is 0.894. The van der Waals surface area contributed by atoms with Crippen molar-refractivity contribution in [1.82, 2.24) is 0 Å². The summed E-state index contributed by atoms with van der Waals surface area (Å²) in [6.45, 7) is 0. The van der Waals surface area contributed by atoms with Crippen LogP contribution in [0.5, 0.6) is 0 Å². The third-order valence-electron chi connectivity index (χ3n) is 1.86. The molecule has 0 aromatic heterocycles. The first-order valence-corrected chi connectivity index (χ1v) is 7.89. The number of nitrogens with two attached hydrogens (primary N) is 2. The van der Waals surface area contributed by atoms with E-state index in [1.54, 1.807) is 0 Å². The third kappa shape index (κ3) is 3.68. The van der Waals surface area contributed by atoms with E-state index in [0.29, 0.717) is 0 Å². The lowest BCUT2D eigenvalue weighted by Crippen LogP contribution is -2.21. The van der Waals surface area contributed by atoms with Crippen molar-refractivity contribution in [2.45, 2.75) is 4.90 Å². The Balaban J connectivity index is 3.45. The molecule has 0 saturated carbocycles. The van der Waals surface area contributed by atoms with Crippen molar-refractivity contribution in [1.29, 1.82) is 0 Å². The average molecular weight is 293 g/mol. The number of primary sulfonamides is 1. The normalized spacial score (nSPS) is 12.1. The van der Waals surface area contributed by atoms with Crippen LogP contribution in [0, 0.1) is 0 Å². The molecule has 0 unspecified atom stereocenters. The Morgan fingerprint density at radius 2 is 1.78 bits per heavy atom. The molecule has 0 bridgehead atoms. The SMILES string of the molecule is CS(=O)(=O)Nc1ccc(C(N)=O)c(S(N)(=O)=O)c1. The zero-order valence-electron chi connectivity index (χ0n) is 9.24. The van der Waals surface area contributed by atoms with E-state index in [4.69, 9.17) is 10.9 Å². The number of sulfonamides is 2.